The van der Waals surface area contributed by atoms with E-state index in [2.05, 4.69) is 49.0 Å². The minimum absolute atomic E-state index is 0.0389. The van der Waals surface area contributed by atoms with Gasteiger partial charge in [0, 0.05) is 23.3 Å². The van der Waals surface area contributed by atoms with Crippen LogP contribution in [-0.4, -0.2) is 47.9 Å². The molecule has 0 bridgehead atoms. The molecule has 0 saturated heterocycles. The smallest absolute Gasteiger partial charge is 0.274 e. The van der Waals surface area contributed by atoms with Crippen molar-refractivity contribution in [2.45, 2.75) is 61.9 Å². The van der Waals surface area contributed by atoms with Gasteiger partial charge in [-0.1, -0.05) is 38.4 Å². The lowest BCUT2D eigenvalue weighted by Crippen LogP contribution is -2.41. The maximum Gasteiger partial charge on any atom is 0.274 e. The third kappa shape index (κ3) is 5.69. The van der Waals surface area contributed by atoms with E-state index in [9.17, 15) is 13.2 Å². The summed E-state index contributed by atoms with van der Waals surface area (Å²) in [6.07, 6.45) is 4.67. The van der Waals surface area contributed by atoms with Crippen LogP contribution in [0.25, 0.3) is 10.8 Å². The van der Waals surface area contributed by atoms with Crippen LogP contribution in [0.15, 0.2) is 69.7 Å². The lowest BCUT2D eigenvalue weighted by molar-refractivity contribution is 0.265. The predicted molar refractivity (Wildman–Crippen MR) is 145 cm³/mol. The van der Waals surface area contributed by atoms with Gasteiger partial charge in [-0.15, -0.1) is 0 Å². The number of nitrogens with zero attached hydrogens (tertiary/aromatic N) is 5. The fourth-order valence-electron chi connectivity index (χ4n) is 3.49. The third-order valence-corrected chi connectivity index (χ3v) is 13.3. The quantitative estimate of drug-likeness (QED) is 0.230. The number of aromatic nitrogens is 5. The molecule has 0 N–H and O–H groups in total. The summed E-state index contributed by atoms with van der Waals surface area (Å²) in [4.78, 5) is 17.0. The molecule has 4 aromatic rings. The first-order valence-corrected chi connectivity index (χ1v) is 16.6. The van der Waals surface area contributed by atoms with Gasteiger partial charge in [-0.3, -0.25) is 9.48 Å². The van der Waals surface area contributed by atoms with Crippen molar-refractivity contribution in [2.24, 2.45) is 0 Å². The summed E-state index contributed by atoms with van der Waals surface area (Å²) < 4.78 is 35.5. The Hall–Kier alpha value is -2.86. The number of pyridine rings is 1. The summed E-state index contributed by atoms with van der Waals surface area (Å²) >= 11 is 6.11. The Labute approximate surface area is 222 Å². The molecule has 3 heterocycles. The Morgan fingerprint density at radius 2 is 1.89 bits per heavy atom. The van der Waals surface area contributed by atoms with Gasteiger partial charge in [-0.2, -0.15) is 10.2 Å². The summed E-state index contributed by atoms with van der Waals surface area (Å²) in [5.41, 5.74) is 0.301. The fourth-order valence-corrected chi connectivity index (χ4v) is 5.92. The Balaban J connectivity index is 1.54. The number of hydrogen-bond acceptors (Lipinski definition) is 7. The maximum absolute atomic E-state index is 13.3. The number of fused-ring (bicyclic) bond motifs is 1. The highest BCUT2D eigenvalue weighted by Gasteiger charge is 2.37. The second kappa shape index (κ2) is 10.1. The van der Waals surface area contributed by atoms with Crippen LogP contribution in [0.5, 0.6) is 0 Å². The molecule has 0 saturated carbocycles. The number of halogens is 1. The topological polar surface area (TPSA) is 109 Å². The summed E-state index contributed by atoms with van der Waals surface area (Å²) in [5, 5.41) is 9.57. The molecule has 0 atom stereocenters. The zero-order valence-corrected chi connectivity index (χ0v) is 24.0. The van der Waals surface area contributed by atoms with Crippen LogP contribution in [0, 0.1) is 0 Å². The largest absolute Gasteiger partial charge is 0.415 e. The van der Waals surface area contributed by atoms with Gasteiger partial charge in [0.05, 0.1) is 36.2 Å². The molecule has 0 radical (unpaired) electrons. The summed E-state index contributed by atoms with van der Waals surface area (Å²) in [6, 6.07) is 9.33. The van der Waals surface area contributed by atoms with Crippen LogP contribution >= 0.6 is 11.6 Å². The van der Waals surface area contributed by atoms with Gasteiger partial charge in [-0.05, 0) is 48.5 Å². The number of rotatable bonds is 8. The number of hydrogen-bond donors (Lipinski definition) is 0. The standard InChI is InChI=1S/C25H30ClN5O4SSi/c1-25(2,3)37(4,5)35-14-13-30-12-10-22(29-30)36(33,34)20-8-9-21-19(15-20)16-28-31(24(21)32)17-18-7-6-11-27-23(18)26/h6-12,15-16H,13-14,17H2,1-5H3. The minimum atomic E-state index is -3.89. The molecule has 9 nitrogen and oxygen atoms in total. The lowest BCUT2D eigenvalue weighted by Gasteiger charge is -2.36. The molecule has 0 aliphatic rings. The van der Waals surface area contributed by atoms with Crippen molar-refractivity contribution in [1.29, 1.82) is 0 Å². The van der Waals surface area contributed by atoms with Gasteiger partial charge in [0.1, 0.15) is 5.15 Å². The van der Waals surface area contributed by atoms with E-state index in [-0.39, 0.29) is 27.1 Å². The van der Waals surface area contributed by atoms with Crippen LogP contribution in [0.4, 0.5) is 0 Å². The monoisotopic (exact) mass is 559 g/mol. The second-order valence-electron chi connectivity index (χ2n) is 10.3. The first-order valence-electron chi connectivity index (χ1n) is 11.8. The second-order valence-corrected chi connectivity index (χ2v) is 17.4. The molecule has 0 amide bonds. The Morgan fingerprint density at radius 3 is 2.59 bits per heavy atom. The van der Waals surface area contributed by atoms with Crippen molar-refractivity contribution in [3.05, 3.63) is 76.1 Å². The minimum Gasteiger partial charge on any atom is -0.415 e. The molecule has 37 heavy (non-hydrogen) atoms. The van der Waals surface area contributed by atoms with E-state index in [0.29, 0.717) is 34.6 Å². The van der Waals surface area contributed by atoms with Gasteiger partial charge in [0.15, 0.2) is 13.3 Å². The van der Waals surface area contributed by atoms with E-state index >= 15 is 0 Å². The van der Waals surface area contributed by atoms with Crippen molar-refractivity contribution in [3.63, 3.8) is 0 Å². The SMILES string of the molecule is CC(C)(C)[Si](C)(C)OCCn1ccc(S(=O)(=O)c2ccc3c(=O)n(Cc4cccnc4Cl)ncc3c2)n1. The molecular weight excluding hydrogens is 530 g/mol. The first kappa shape index (κ1) is 27.2. The molecule has 0 aliphatic carbocycles. The van der Waals surface area contributed by atoms with E-state index in [1.807, 2.05) is 0 Å². The van der Waals surface area contributed by atoms with E-state index < -0.39 is 18.2 Å². The van der Waals surface area contributed by atoms with Crippen molar-refractivity contribution in [1.82, 2.24) is 24.5 Å². The average Bonchev–Trinajstić information content (AvgIpc) is 3.31. The van der Waals surface area contributed by atoms with Crippen LogP contribution in [-0.2, 0) is 27.4 Å². The normalized spacial score (nSPS) is 12.8. The molecule has 0 aliphatic heterocycles. The summed E-state index contributed by atoms with van der Waals surface area (Å²) in [7, 11) is -5.79. The molecule has 4 rings (SSSR count). The molecule has 12 heteroatoms. The number of benzene rings is 1. The lowest BCUT2D eigenvalue weighted by atomic mass is 10.2. The molecular formula is C25H30ClN5O4SSi. The Bertz CT molecular complexity index is 1610. The maximum atomic E-state index is 13.3. The Kier molecular flexibility index (Phi) is 7.44. The van der Waals surface area contributed by atoms with Crippen molar-refractivity contribution >= 4 is 40.5 Å². The third-order valence-electron chi connectivity index (χ3n) is 6.77. The molecule has 196 valence electrons. The van der Waals surface area contributed by atoms with Crippen molar-refractivity contribution < 1.29 is 12.8 Å². The summed E-state index contributed by atoms with van der Waals surface area (Å²) in [6.45, 7) is 11.9. The molecule has 0 unspecified atom stereocenters. The van der Waals surface area contributed by atoms with Gasteiger partial charge in [0.25, 0.3) is 5.56 Å². The molecule has 0 spiro atoms. The summed E-state index contributed by atoms with van der Waals surface area (Å²) in [5.74, 6) is 0. The zero-order chi connectivity index (χ0) is 27.0. The predicted octanol–water partition coefficient (Wildman–Crippen LogP) is 4.54. The van der Waals surface area contributed by atoms with Gasteiger partial charge < -0.3 is 4.43 Å². The van der Waals surface area contributed by atoms with Gasteiger partial charge >= 0.3 is 0 Å². The van der Waals surface area contributed by atoms with Crippen LogP contribution in [0.2, 0.25) is 23.3 Å². The molecule has 0 fully saturated rings. The van der Waals surface area contributed by atoms with Crippen LogP contribution in [0.1, 0.15) is 26.3 Å². The fraction of sp³-hybridized carbons (Fsp3) is 0.360. The van der Waals surface area contributed by atoms with Gasteiger partial charge in [-0.25, -0.2) is 18.1 Å². The van der Waals surface area contributed by atoms with E-state index in [1.165, 1.54) is 35.1 Å². The van der Waals surface area contributed by atoms with Crippen molar-refractivity contribution in [3.8, 4) is 0 Å². The highest BCUT2D eigenvalue weighted by atomic mass is 35.5. The van der Waals surface area contributed by atoms with E-state index in [1.54, 1.807) is 29.2 Å². The van der Waals surface area contributed by atoms with Crippen LogP contribution in [0.3, 0.4) is 0 Å². The Morgan fingerprint density at radius 1 is 1.14 bits per heavy atom. The van der Waals surface area contributed by atoms with Crippen LogP contribution < -0.4 is 5.56 Å². The molecule has 3 aromatic heterocycles. The zero-order valence-electron chi connectivity index (χ0n) is 21.5. The van der Waals surface area contributed by atoms with E-state index in [0.717, 1.165) is 0 Å². The van der Waals surface area contributed by atoms with Gasteiger partial charge in [0.2, 0.25) is 9.84 Å². The highest BCUT2D eigenvalue weighted by Crippen LogP contribution is 2.36. The van der Waals surface area contributed by atoms with Crippen molar-refractivity contribution in [2.75, 3.05) is 6.61 Å². The average molecular weight is 560 g/mol. The number of sulfone groups is 1. The first-order chi connectivity index (χ1) is 17.3. The van der Waals surface area contributed by atoms with E-state index in [4.69, 9.17) is 16.0 Å². The molecule has 1 aromatic carbocycles. The highest BCUT2D eigenvalue weighted by molar-refractivity contribution is 7.91.